The molecule has 0 radical (unpaired) electrons. The fourth-order valence-corrected chi connectivity index (χ4v) is 1.51. The Labute approximate surface area is 130 Å². The molecule has 0 aromatic carbocycles. The van der Waals surface area contributed by atoms with Gasteiger partial charge in [0.25, 0.3) is 3.92 Å². The highest BCUT2D eigenvalue weighted by Crippen LogP contribution is 2.53. The number of nitrogens with zero attached hydrogens (tertiary/aromatic N) is 4. The summed E-state index contributed by atoms with van der Waals surface area (Å²) in [5, 5.41) is 10.1. The molecule has 0 fully saturated rings. The molecule has 0 spiro atoms. The van der Waals surface area contributed by atoms with Crippen molar-refractivity contribution in [2.45, 2.75) is 12.0 Å². The molecule has 92 valence electrons. The molecular weight excluding hydrogens is 388 g/mol. The van der Waals surface area contributed by atoms with Gasteiger partial charge in [-0.25, -0.2) is 0 Å². The third kappa shape index (κ3) is 3.04. The van der Waals surface area contributed by atoms with E-state index in [0.717, 1.165) is 0 Å². The molecular formula is C4Cl8N4. The standard InChI is InChI=1S/C4Cl8N4/c5-2(6,3(7,8)9)1-13-14-15-16(1)4(10,11)12. The average Bonchev–Trinajstić information content (AvgIpc) is 2.47. The monoisotopic (exact) mass is 384 g/mol. The fourth-order valence-electron chi connectivity index (χ4n) is 0.680. The zero-order chi connectivity index (χ0) is 12.8. The van der Waals surface area contributed by atoms with Gasteiger partial charge in [0.05, 0.1) is 0 Å². The van der Waals surface area contributed by atoms with Gasteiger partial charge in [0.1, 0.15) is 0 Å². The van der Waals surface area contributed by atoms with Gasteiger partial charge < -0.3 is 0 Å². The number of tetrazole rings is 1. The maximum absolute atomic E-state index is 5.82. The van der Waals surface area contributed by atoms with E-state index in [-0.39, 0.29) is 5.82 Å². The topological polar surface area (TPSA) is 43.6 Å². The zero-order valence-corrected chi connectivity index (χ0v) is 12.9. The number of alkyl halides is 8. The van der Waals surface area contributed by atoms with E-state index in [2.05, 4.69) is 15.5 Å². The highest BCUT2D eigenvalue weighted by molar-refractivity contribution is 6.75. The maximum Gasteiger partial charge on any atom is 0.290 e. The van der Waals surface area contributed by atoms with Crippen molar-refractivity contribution in [2.24, 2.45) is 0 Å². The lowest BCUT2D eigenvalue weighted by molar-refractivity contribution is 0.587. The molecule has 0 aliphatic carbocycles. The molecule has 1 aromatic heterocycles. The van der Waals surface area contributed by atoms with Crippen LogP contribution in [0.5, 0.6) is 0 Å². The molecule has 4 nitrogen and oxygen atoms in total. The number of aromatic nitrogens is 4. The van der Waals surface area contributed by atoms with E-state index in [0.29, 0.717) is 4.68 Å². The first-order chi connectivity index (χ1) is 6.98. The zero-order valence-electron chi connectivity index (χ0n) is 6.81. The quantitative estimate of drug-likeness (QED) is 0.685. The minimum atomic E-state index is -2.11. The molecule has 0 atom stereocenters. The summed E-state index contributed by atoms with van der Waals surface area (Å²) in [6.07, 6.45) is 0. The maximum atomic E-state index is 5.82. The first-order valence-corrected chi connectivity index (χ1v) is 6.31. The smallest absolute Gasteiger partial charge is 0.176 e. The summed E-state index contributed by atoms with van der Waals surface area (Å²) in [5.74, 6) is -0.309. The van der Waals surface area contributed by atoms with Crippen LogP contribution in [0.3, 0.4) is 0 Å². The molecule has 1 rings (SSSR count). The van der Waals surface area contributed by atoms with Crippen molar-refractivity contribution in [3.05, 3.63) is 5.82 Å². The van der Waals surface area contributed by atoms with Crippen LogP contribution in [0.1, 0.15) is 5.82 Å². The molecule has 0 amide bonds. The lowest BCUT2D eigenvalue weighted by atomic mass is 10.4. The fraction of sp³-hybridized carbons (Fsp3) is 0.750. The third-order valence-corrected chi connectivity index (χ3v) is 4.16. The molecule has 12 heteroatoms. The van der Waals surface area contributed by atoms with Crippen molar-refractivity contribution >= 4 is 92.8 Å². The van der Waals surface area contributed by atoms with Crippen LogP contribution in [-0.4, -0.2) is 24.0 Å². The molecule has 0 saturated heterocycles. The normalized spacial score (nSPS) is 14.2. The van der Waals surface area contributed by atoms with Crippen molar-refractivity contribution in [3.63, 3.8) is 0 Å². The van der Waals surface area contributed by atoms with Crippen LogP contribution in [-0.2, 0) is 8.25 Å². The highest BCUT2D eigenvalue weighted by Gasteiger charge is 2.53. The molecule has 0 saturated carbocycles. The summed E-state index contributed by atoms with van der Waals surface area (Å²) in [6, 6.07) is 0. The van der Waals surface area contributed by atoms with Gasteiger partial charge in [0.2, 0.25) is 8.13 Å². The van der Waals surface area contributed by atoms with Crippen LogP contribution in [0, 0.1) is 0 Å². The van der Waals surface area contributed by atoms with Gasteiger partial charge >= 0.3 is 0 Å². The van der Waals surface area contributed by atoms with Crippen molar-refractivity contribution in [3.8, 4) is 0 Å². The number of hydrogen-bond acceptors (Lipinski definition) is 3. The van der Waals surface area contributed by atoms with Crippen LogP contribution in [0.2, 0.25) is 0 Å². The Hall–Kier alpha value is 1.39. The molecule has 0 unspecified atom stereocenters. The highest BCUT2D eigenvalue weighted by atomic mass is 35.6. The molecule has 0 N–H and O–H groups in total. The van der Waals surface area contributed by atoms with E-state index in [1.54, 1.807) is 0 Å². The number of rotatable bonds is 1. The Balaban J connectivity index is 3.31. The lowest BCUT2D eigenvalue weighted by Crippen LogP contribution is -2.34. The summed E-state index contributed by atoms with van der Waals surface area (Å²) in [4.78, 5) is 0. The lowest BCUT2D eigenvalue weighted by Gasteiger charge is -2.27. The molecule has 1 aromatic rings. The predicted octanol–water partition coefficient (Wildman–Crippen LogP) is 3.96. The minimum Gasteiger partial charge on any atom is -0.176 e. The molecule has 16 heavy (non-hydrogen) atoms. The molecule has 1 heterocycles. The van der Waals surface area contributed by atoms with Gasteiger partial charge in [-0.05, 0) is 10.4 Å². The van der Waals surface area contributed by atoms with Crippen molar-refractivity contribution in [2.75, 3.05) is 0 Å². The van der Waals surface area contributed by atoms with E-state index in [9.17, 15) is 0 Å². The predicted molar refractivity (Wildman–Crippen MR) is 67.0 cm³/mol. The van der Waals surface area contributed by atoms with Gasteiger partial charge in [0, 0.05) is 0 Å². The number of hydrogen-bond donors (Lipinski definition) is 0. The van der Waals surface area contributed by atoms with Crippen molar-refractivity contribution in [1.29, 1.82) is 0 Å². The van der Waals surface area contributed by atoms with Gasteiger partial charge in [-0.15, -0.1) is 5.10 Å². The van der Waals surface area contributed by atoms with E-state index in [4.69, 9.17) is 92.8 Å². The Kier molecular flexibility index (Phi) is 4.65. The van der Waals surface area contributed by atoms with Crippen LogP contribution < -0.4 is 0 Å². The Bertz CT molecular complexity index is 374. The van der Waals surface area contributed by atoms with Crippen LogP contribution in [0.15, 0.2) is 0 Å². The molecule has 0 aliphatic rings. The van der Waals surface area contributed by atoms with Crippen LogP contribution >= 0.6 is 92.8 Å². The SMILES string of the molecule is ClC(Cl)(Cl)n1nnnc1C(Cl)(Cl)C(Cl)(Cl)Cl. The van der Waals surface area contributed by atoms with Gasteiger partial charge in [-0.1, -0.05) is 92.8 Å². The van der Waals surface area contributed by atoms with E-state index < -0.39 is 12.0 Å². The second-order valence-corrected chi connectivity index (χ2v) is 8.28. The Morgan fingerprint density at radius 1 is 0.875 bits per heavy atom. The van der Waals surface area contributed by atoms with E-state index in [1.165, 1.54) is 0 Å². The summed E-state index contributed by atoms with van der Waals surface area (Å²) in [7, 11) is 0. The summed E-state index contributed by atoms with van der Waals surface area (Å²) >= 11 is 45.0. The van der Waals surface area contributed by atoms with Crippen molar-refractivity contribution in [1.82, 2.24) is 20.2 Å². The summed E-state index contributed by atoms with van der Waals surface area (Å²) < 4.78 is -5.49. The molecule has 0 bridgehead atoms. The van der Waals surface area contributed by atoms with Gasteiger partial charge in [0.15, 0.2) is 5.82 Å². The average molecular weight is 388 g/mol. The van der Waals surface area contributed by atoms with Crippen LogP contribution in [0.25, 0.3) is 0 Å². The molecule has 0 aliphatic heterocycles. The van der Waals surface area contributed by atoms with E-state index >= 15 is 0 Å². The van der Waals surface area contributed by atoms with Crippen LogP contribution in [0.4, 0.5) is 0 Å². The van der Waals surface area contributed by atoms with Crippen molar-refractivity contribution < 1.29 is 0 Å². The first kappa shape index (κ1) is 15.4. The third-order valence-electron chi connectivity index (χ3n) is 1.35. The second-order valence-electron chi connectivity index (χ2n) is 2.45. The Morgan fingerprint density at radius 2 is 1.38 bits per heavy atom. The first-order valence-electron chi connectivity index (χ1n) is 3.28. The Morgan fingerprint density at radius 3 is 1.75 bits per heavy atom. The minimum absolute atomic E-state index is 0.309. The second kappa shape index (κ2) is 4.82. The summed E-state index contributed by atoms with van der Waals surface area (Å²) in [5.41, 5.74) is 0. The van der Waals surface area contributed by atoms with E-state index in [1.807, 2.05) is 0 Å². The largest absolute Gasteiger partial charge is 0.290 e. The summed E-state index contributed by atoms with van der Waals surface area (Å²) in [6.45, 7) is 0. The van der Waals surface area contributed by atoms with Gasteiger partial charge in [-0.2, -0.15) is 4.68 Å². The number of halogens is 8. The van der Waals surface area contributed by atoms with Gasteiger partial charge in [-0.3, -0.25) is 0 Å².